The van der Waals surface area contributed by atoms with E-state index in [-0.39, 0.29) is 5.91 Å². The van der Waals surface area contributed by atoms with Crippen molar-refractivity contribution in [3.8, 4) is 5.75 Å². The molecule has 1 heterocycles. The van der Waals surface area contributed by atoms with E-state index in [1.807, 2.05) is 24.3 Å². The third kappa shape index (κ3) is 2.95. The third-order valence-corrected chi connectivity index (χ3v) is 5.14. The fourth-order valence-corrected chi connectivity index (χ4v) is 3.85. The fourth-order valence-electron chi connectivity index (χ4n) is 2.75. The number of amides is 1. The number of rotatable bonds is 3. The maximum atomic E-state index is 12.4. The smallest absolute Gasteiger partial charge is 0.265 e. The molecule has 1 aliphatic carbocycles. The molecule has 0 aliphatic heterocycles. The maximum absolute atomic E-state index is 12.4. The molecule has 0 saturated carbocycles. The van der Waals surface area contributed by atoms with Crippen LogP contribution in [-0.4, -0.2) is 13.0 Å². The van der Waals surface area contributed by atoms with Crippen LogP contribution in [0, 0.1) is 5.92 Å². The van der Waals surface area contributed by atoms with E-state index in [0.29, 0.717) is 11.4 Å². The van der Waals surface area contributed by atoms with Gasteiger partial charge in [0.25, 0.3) is 5.91 Å². The first-order valence-corrected chi connectivity index (χ1v) is 8.05. The molecule has 110 valence electrons. The predicted octanol–water partition coefficient (Wildman–Crippen LogP) is 4.13. The number of fused-ring (bicyclic) bond motifs is 1. The molecule has 1 amide bonds. The normalized spacial score (nSPS) is 17.1. The van der Waals surface area contributed by atoms with E-state index in [2.05, 4.69) is 18.3 Å². The molecule has 4 heteroatoms. The molecule has 2 aromatic rings. The van der Waals surface area contributed by atoms with Gasteiger partial charge in [-0.1, -0.05) is 19.1 Å². The van der Waals surface area contributed by atoms with Crippen molar-refractivity contribution in [3.63, 3.8) is 0 Å². The molecule has 0 unspecified atom stereocenters. The summed E-state index contributed by atoms with van der Waals surface area (Å²) in [6.45, 7) is 2.27. The summed E-state index contributed by atoms with van der Waals surface area (Å²) in [4.78, 5) is 14.6. The minimum Gasteiger partial charge on any atom is -0.495 e. The Bertz CT molecular complexity index is 663. The second kappa shape index (κ2) is 5.90. The van der Waals surface area contributed by atoms with Crippen molar-refractivity contribution in [2.75, 3.05) is 12.4 Å². The molecule has 0 bridgehead atoms. The summed E-state index contributed by atoms with van der Waals surface area (Å²) in [5, 5.41) is 2.94. The first-order valence-electron chi connectivity index (χ1n) is 7.23. The van der Waals surface area contributed by atoms with Crippen molar-refractivity contribution in [3.05, 3.63) is 45.6 Å². The van der Waals surface area contributed by atoms with Gasteiger partial charge in [-0.3, -0.25) is 4.79 Å². The molecule has 3 rings (SSSR count). The summed E-state index contributed by atoms with van der Waals surface area (Å²) >= 11 is 1.63. The number of hydrogen-bond acceptors (Lipinski definition) is 3. The second-order valence-corrected chi connectivity index (χ2v) is 6.70. The van der Waals surface area contributed by atoms with Crippen LogP contribution < -0.4 is 10.1 Å². The molecule has 21 heavy (non-hydrogen) atoms. The molecular weight excluding hydrogens is 282 g/mol. The van der Waals surface area contributed by atoms with Crippen molar-refractivity contribution in [1.29, 1.82) is 0 Å². The number of nitrogens with one attached hydrogen (secondary N) is 1. The van der Waals surface area contributed by atoms with Gasteiger partial charge in [0, 0.05) is 4.88 Å². The van der Waals surface area contributed by atoms with Crippen LogP contribution in [0.4, 0.5) is 5.69 Å². The van der Waals surface area contributed by atoms with Crippen LogP contribution >= 0.6 is 11.3 Å². The highest BCUT2D eigenvalue weighted by molar-refractivity contribution is 7.14. The SMILES string of the molecule is COc1ccccc1NC(=O)c1cc2c(s1)CC[C@@H](C)C2. The Morgan fingerprint density at radius 3 is 3.00 bits per heavy atom. The van der Waals surface area contributed by atoms with Crippen molar-refractivity contribution in [2.45, 2.75) is 26.2 Å². The van der Waals surface area contributed by atoms with Gasteiger partial charge in [0.05, 0.1) is 17.7 Å². The lowest BCUT2D eigenvalue weighted by atomic mass is 9.90. The van der Waals surface area contributed by atoms with Gasteiger partial charge < -0.3 is 10.1 Å². The fraction of sp³-hybridized carbons (Fsp3) is 0.353. The van der Waals surface area contributed by atoms with Crippen LogP contribution in [0.25, 0.3) is 0 Å². The lowest BCUT2D eigenvalue weighted by Gasteiger charge is -2.16. The Morgan fingerprint density at radius 1 is 1.38 bits per heavy atom. The molecule has 1 atom stereocenters. The molecule has 0 saturated heterocycles. The Labute approximate surface area is 129 Å². The first kappa shape index (κ1) is 14.1. The number of thiophene rings is 1. The number of carbonyl (C=O) groups excluding carboxylic acids is 1. The average molecular weight is 301 g/mol. The summed E-state index contributed by atoms with van der Waals surface area (Å²) in [7, 11) is 1.61. The number of para-hydroxylation sites is 2. The number of hydrogen-bond donors (Lipinski definition) is 1. The number of anilines is 1. The summed E-state index contributed by atoms with van der Waals surface area (Å²) in [6, 6.07) is 9.53. The summed E-state index contributed by atoms with van der Waals surface area (Å²) in [5.74, 6) is 1.35. The van der Waals surface area contributed by atoms with E-state index in [1.54, 1.807) is 18.4 Å². The van der Waals surface area contributed by atoms with E-state index in [9.17, 15) is 4.79 Å². The number of ether oxygens (including phenoxy) is 1. The Morgan fingerprint density at radius 2 is 2.19 bits per heavy atom. The minimum atomic E-state index is -0.0495. The van der Waals surface area contributed by atoms with E-state index >= 15 is 0 Å². The zero-order chi connectivity index (χ0) is 14.8. The molecule has 1 aromatic heterocycles. The predicted molar refractivity (Wildman–Crippen MR) is 86.5 cm³/mol. The molecule has 3 nitrogen and oxygen atoms in total. The zero-order valence-electron chi connectivity index (χ0n) is 12.3. The van der Waals surface area contributed by atoms with Gasteiger partial charge in [-0.15, -0.1) is 11.3 Å². The molecule has 1 aliphatic rings. The third-order valence-electron chi connectivity index (χ3n) is 3.91. The number of aryl methyl sites for hydroxylation is 1. The van der Waals surface area contributed by atoms with Crippen LogP contribution in [0.2, 0.25) is 0 Å². The van der Waals surface area contributed by atoms with Crippen molar-refractivity contribution in [2.24, 2.45) is 5.92 Å². The highest BCUT2D eigenvalue weighted by Crippen LogP contribution is 2.33. The van der Waals surface area contributed by atoms with E-state index in [1.165, 1.54) is 16.9 Å². The van der Waals surface area contributed by atoms with Crippen molar-refractivity contribution < 1.29 is 9.53 Å². The molecule has 1 N–H and O–H groups in total. The Hall–Kier alpha value is -1.81. The minimum absolute atomic E-state index is 0.0495. The Kier molecular flexibility index (Phi) is 3.97. The lowest BCUT2D eigenvalue weighted by molar-refractivity contribution is 0.103. The quantitative estimate of drug-likeness (QED) is 0.925. The van der Waals surface area contributed by atoms with Crippen LogP contribution in [0.3, 0.4) is 0 Å². The van der Waals surface area contributed by atoms with Crippen molar-refractivity contribution in [1.82, 2.24) is 0 Å². The lowest BCUT2D eigenvalue weighted by Crippen LogP contribution is -2.11. The van der Waals surface area contributed by atoms with Crippen LogP contribution in [0.5, 0.6) is 5.75 Å². The Balaban J connectivity index is 1.80. The standard InChI is InChI=1S/C17H19NO2S/c1-11-7-8-15-12(9-11)10-16(21-15)17(19)18-13-5-3-4-6-14(13)20-2/h3-6,10-11H,7-9H2,1-2H3,(H,18,19)/t11-/m1/s1. The highest BCUT2D eigenvalue weighted by Gasteiger charge is 2.21. The van der Waals surface area contributed by atoms with E-state index < -0.39 is 0 Å². The number of benzene rings is 1. The monoisotopic (exact) mass is 301 g/mol. The van der Waals surface area contributed by atoms with Crippen LogP contribution in [0.1, 0.15) is 33.5 Å². The van der Waals surface area contributed by atoms with Gasteiger partial charge in [-0.25, -0.2) is 0 Å². The topological polar surface area (TPSA) is 38.3 Å². The largest absolute Gasteiger partial charge is 0.495 e. The molecule has 1 aromatic carbocycles. The van der Waals surface area contributed by atoms with Gasteiger partial charge in [0.15, 0.2) is 0 Å². The van der Waals surface area contributed by atoms with Gasteiger partial charge in [0.2, 0.25) is 0 Å². The summed E-state index contributed by atoms with van der Waals surface area (Å²) in [6.07, 6.45) is 3.41. The van der Waals surface area contributed by atoms with Crippen LogP contribution in [-0.2, 0) is 12.8 Å². The number of carbonyl (C=O) groups is 1. The summed E-state index contributed by atoms with van der Waals surface area (Å²) in [5.41, 5.74) is 2.06. The second-order valence-electron chi connectivity index (χ2n) is 5.56. The molecule has 0 spiro atoms. The molecular formula is C17H19NO2S. The molecule has 0 fully saturated rings. The number of methoxy groups -OCH3 is 1. The van der Waals surface area contributed by atoms with E-state index in [0.717, 1.165) is 23.6 Å². The molecule has 0 radical (unpaired) electrons. The highest BCUT2D eigenvalue weighted by atomic mass is 32.1. The van der Waals surface area contributed by atoms with Gasteiger partial charge in [-0.05, 0) is 48.9 Å². The van der Waals surface area contributed by atoms with Gasteiger partial charge >= 0.3 is 0 Å². The zero-order valence-corrected chi connectivity index (χ0v) is 13.1. The maximum Gasteiger partial charge on any atom is 0.265 e. The van der Waals surface area contributed by atoms with Gasteiger partial charge in [0.1, 0.15) is 5.75 Å². The van der Waals surface area contributed by atoms with E-state index in [4.69, 9.17) is 4.74 Å². The van der Waals surface area contributed by atoms with Crippen LogP contribution in [0.15, 0.2) is 30.3 Å². The summed E-state index contributed by atoms with van der Waals surface area (Å²) < 4.78 is 5.27. The van der Waals surface area contributed by atoms with Gasteiger partial charge in [-0.2, -0.15) is 0 Å². The first-order chi connectivity index (χ1) is 10.2. The van der Waals surface area contributed by atoms with Crippen molar-refractivity contribution >= 4 is 22.9 Å². The average Bonchev–Trinajstić information content (AvgIpc) is 2.91.